The maximum Gasteiger partial charge on any atom is 0.274 e. The number of nitrogens with zero attached hydrogens (tertiary/aromatic N) is 5. The number of aryl methyl sites for hydroxylation is 1. The van der Waals surface area contributed by atoms with Crippen LogP contribution in [-0.4, -0.2) is 42.0 Å². The average Bonchev–Trinajstić information content (AvgIpc) is 3.55. The van der Waals surface area contributed by atoms with E-state index in [1.807, 2.05) is 13.1 Å². The number of amides is 1. The van der Waals surface area contributed by atoms with Crippen LogP contribution in [0.25, 0.3) is 27.8 Å². The first-order chi connectivity index (χ1) is 17.4. The van der Waals surface area contributed by atoms with Gasteiger partial charge in [-0.2, -0.15) is 5.10 Å². The summed E-state index contributed by atoms with van der Waals surface area (Å²) in [6.07, 6.45) is 3.31. The number of hydrogen-bond acceptors (Lipinski definition) is 5. The Morgan fingerprint density at radius 1 is 1.19 bits per heavy atom. The highest BCUT2D eigenvalue weighted by atomic mass is 19.1. The molecule has 6 rings (SSSR count). The van der Waals surface area contributed by atoms with Gasteiger partial charge < -0.3 is 14.9 Å². The van der Waals surface area contributed by atoms with E-state index in [2.05, 4.69) is 35.9 Å². The second-order valence-corrected chi connectivity index (χ2v) is 9.19. The lowest BCUT2D eigenvalue weighted by atomic mass is 10.1. The molecular weight excluding hydrogens is 461 g/mol. The Balaban J connectivity index is 1.26. The van der Waals surface area contributed by atoms with E-state index in [9.17, 15) is 9.59 Å². The van der Waals surface area contributed by atoms with Crippen molar-refractivity contribution in [2.75, 3.05) is 7.05 Å². The first kappa shape index (κ1) is 22.2. The molecule has 0 radical (unpaired) electrons. The van der Waals surface area contributed by atoms with Crippen molar-refractivity contribution < 1.29 is 9.18 Å². The molecule has 9 nitrogen and oxygen atoms in total. The zero-order valence-electron chi connectivity index (χ0n) is 20.1. The van der Waals surface area contributed by atoms with Gasteiger partial charge in [-0.1, -0.05) is 6.07 Å². The fraction of sp³-hybridized carbons (Fsp3) is 0.231. The predicted octanol–water partition coefficient (Wildman–Crippen LogP) is 2.90. The number of aromatic amines is 1. The third-order valence-electron chi connectivity index (χ3n) is 6.96. The van der Waals surface area contributed by atoms with Crippen molar-refractivity contribution in [2.24, 2.45) is 7.05 Å². The number of carbonyl (C=O) groups excluding carboxylic acids is 1. The average molecular weight is 486 g/mol. The van der Waals surface area contributed by atoms with Gasteiger partial charge in [0.25, 0.3) is 11.5 Å². The lowest BCUT2D eigenvalue weighted by Gasteiger charge is -2.17. The molecule has 5 heterocycles. The summed E-state index contributed by atoms with van der Waals surface area (Å²) in [4.78, 5) is 33.4. The molecule has 1 amide bonds. The van der Waals surface area contributed by atoms with E-state index >= 15 is 4.39 Å². The number of hydrogen-bond donors (Lipinski definition) is 2. The molecule has 10 heteroatoms. The van der Waals surface area contributed by atoms with Crippen LogP contribution in [0.4, 0.5) is 4.39 Å². The lowest BCUT2D eigenvalue weighted by Crippen LogP contribution is -2.19. The molecule has 0 aliphatic carbocycles. The van der Waals surface area contributed by atoms with Gasteiger partial charge in [-0.25, -0.2) is 8.91 Å². The van der Waals surface area contributed by atoms with Gasteiger partial charge in [0, 0.05) is 68.0 Å². The largest absolute Gasteiger partial charge is 0.354 e. The summed E-state index contributed by atoms with van der Waals surface area (Å²) in [5, 5.41) is 6.83. The number of aromatic nitrogens is 5. The molecule has 1 aliphatic rings. The number of nitrogens with one attached hydrogen (secondary N) is 2. The molecule has 1 aliphatic heterocycles. The molecule has 0 spiro atoms. The minimum absolute atomic E-state index is 0.166. The van der Waals surface area contributed by atoms with Crippen molar-refractivity contribution in [1.29, 1.82) is 0 Å². The van der Waals surface area contributed by atoms with E-state index in [-0.39, 0.29) is 17.0 Å². The van der Waals surface area contributed by atoms with Crippen LogP contribution in [0, 0.1) is 12.7 Å². The van der Waals surface area contributed by atoms with Crippen LogP contribution in [0.3, 0.4) is 0 Å². The fourth-order valence-corrected chi connectivity index (χ4v) is 5.08. The first-order valence-corrected chi connectivity index (χ1v) is 11.6. The molecule has 182 valence electrons. The van der Waals surface area contributed by atoms with Crippen molar-refractivity contribution in [3.63, 3.8) is 0 Å². The molecule has 36 heavy (non-hydrogen) atoms. The highest BCUT2D eigenvalue weighted by molar-refractivity contribution is 5.92. The van der Waals surface area contributed by atoms with E-state index in [0.717, 1.165) is 22.5 Å². The van der Waals surface area contributed by atoms with Crippen molar-refractivity contribution in [3.8, 4) is 11.3 Å². The second kappa shape index (κ2) is 8.13. The Kier molecular flexibility index (Phi) is 5.01. The SMILES string of the molecule is CNC(=O)c1ccc(-c2cc3c(n2C)CN(Cc2ccc4c([nH]c(=O)c5c(C)cnn54)c2F)C3)cn1. The normalized spacial score (nSPS) is 13.6. The molecule has 2 N–H and O–H groups in total. The van der Waals surface area contributed by atoms with Crippen molar-refractivity contribution in [1.82, 2.24) is 34.4 Å². The quantitative estimate of drug-likeness (QED) is 0.408. The summed E-state index contributed by atoms with van der Waals surface area (Å²) in [5.74, 6) is -0.653. The van der Waals surface area contributed by atoms with Crippen LogP contribution >= 0.6 is 0 Å². The fourth-order valence-electron chi connectivity index (χ4n) is 5.08. The minimum Gasteiger partial charge on any atom is -0.354 e. The Bertz CT molecular complexity index is 1730. The highest BCUT2D eigenvalue weighted by Gasteiger charge is 2.26. The zero-order valence-corrected chi connectivity index (χ0v) is 20.1. The number of fused-ring (bicyclic) bond motifs is 4. The standard InChI is InChI=1S/C26H24FN7O2/c1-14-9-30-34-19-7-5-16(22(27)23(19)31-26(36)24(14)34)11-33-12-17-8-20(32(3)21(17)13-33)15-4-6-18(29-10-15)25(35)28-2/h4-10H,11-13H2,1-3H3,(H,28,35)(H,31,36). The van der Waals surface area contributed by atoms with E-state index in [1.165, 1.54) is 10.1 Å². The Labute approximate surface area is 205 Å². The van der Waals surface area contributed by atoms with Crippen LogP contribution in [0.15, 0.2) is 47.5 Å². The molecule has 0 bridgehead atoms. The molecule has 5 aromatic rings. The lowest BCUT2D eigenvalue weighted by molar-refractivity contribution is 0.0958. The van der Waals surface area contributed by atoms with Gasteiger partial charge in [-0.3, -0.25) is 19.5 Å². The van der Waals surface area contributed by atoms with Gasteiger partial charge in [0.2, 0.25) is 0 Å². The van der Waals surface area contributed by atoms with Crippen molar-refractivity contribution >= 4 is 22.5 Å². The van der Waals surface area contributed by atoms with Crippen molar-refractivity contribution in [3.05, 3.63) is 87.0 Å². The van der Waals surface area contributed by atoms with E-state index < -0.39 is 5.82 Å². The highest BCUT2D eigenvalue weighted by Crippen LogP contribution is 2.32. The number of pyridine rings is 1. The molecule has 0 fully saturated rings. The second-order valence-electron chi connectivity index (χ2n) is 9.19. The molecule has 0 atom stereocenters. The third kappa shape index (κ3) is 3.33. The Hall–Kier alpha value is -4.31. The van der Waals surface area contributed by atoms with E-state index in [0.29, 0.717) is 41.9 Å². The maximum atomic E-state index is 15.5. The summed E-state index contributed by atoms with van der Waals surface area (Å²) >= 11 is 0. The zero-order chi connectivity index (χ0) is 25.1. The summed E-state index contributed by atoms with van der Waals surface area (Å²) < 4.78 is 19.1. The first-order valence-electron chi connectivity index (χ1n) is 11.6. The van der Waals surface area contributed by atoms with Crippen LogP contribution in [0.1, 0.15) is 32.9 Å². The van der Waals surface area contributed by atoms with E-state index in [4.69, 9.17) is 0 Å². The van der Waals surface area contributed by atoms with Gasteiger partial charge in [-0.05, 0) is 36.8 Å². The van der Waals surface area contributed by atoms with Gasteiger partial charge in [-0.15, -0.1) is 0 Å². The summed E-state index contributed by atoms with van der Waals surface area (Å²) in [7, 11) is 3.58. The molecule has 0 saturated heterocycles. The number of rotatable bonds is 4. The Morgan fingerprint density at radius 3 is 2.75 bits per heavy atom. The van der Waals surface area contributed by atoms with Gasteiger partial charge >= 0.3 is 0 Å². The maximum absolute atomic E-state index is 15.5. The number of benzene rings is 1. The number of carbonyl (C=O) groups is 1. The Morgan fingerprint density at radius 2 is 2.03 bits per heavy atom. The van der Waals surface area contributed by atoms with Crippen LogP contribution < -0.4 is 10.9 Å². The smallest absolute Gasteiger partial charge is 0.274 e. The van der Waals surface area contributed by atoms with Crippen LogP contribution in [0.5, 0.6) is 0 Å². The number of halogens is 1. The van der Waals surface area contributed by atoms with Gasteiger partial charge in [0.05, 0.1) is 11.7 Å². The molecular formula is C26H24FN7O2. The molecule has 0 unspecified atom stereocenters. The predicted molar refractivity (Wildman–Crippen MR) is 133 cm³/mol. The topological polar surface area (TPSA) is 100 Å². The van der Waals surface area contributed by atoms with Crippen molar-refractivity contribution in [2.45, 2.75) is 26.6 Å². The summed E-state index contributed by atoms with van der Waals surface area (Å²) in [5.41, 5.74) is 6.68. The van der Waals surface area contributed by atoms with Crippen LogP contribution in [-0.2, 0) is 26.7 Å². The van der Waals surface area contributed by atoms with Crippen LogP contribution in [0.2, 0.25) is 0 Å². The monoisotopic (exact) mass is 485 g/mol. The summed E-state index contributed by atoms with van der Waals surface area (Å²) in [6.45, 7) is 3.56. The summed E-state index contributed by atoms with van der Waals surface area (Å²) in [6, 6.07) is 9.30. The van der Waals surface area contributed by atoms with Gasteiger partial charge in [0.15, 0.2) is 5.82 Å². The molecule has 0 saturated carbocycles. The minimum atomic E-state index is -0.432. The van der Waals surface area contributed by atoms with E-state index in [1.54, 1.807) is 44.6 Å². The molecule has 1 aromatic carbocycles. The molecule has 4 aromatic heterocycles. The van der Waals surface area contributed by atoms with Gasteiger partial charge in [0.1, 0.15) is 16.7 Å². The third-order valence-corrected chi connectivity index (χ3v) is 6.96. The number of H-pyrrole nitrogens is 1.